The lowest BCUT2D eigenvalue weighted by Gasteiger charge is -1.93. The Labute approximate surface area is 81.0 Å². The van der Waals surface area contributed by atoms with E-state index in [1.165, 1.54) is 10.3 Å². The van der Waals surface area contributed by atoms with Gasteiger partial charge in [-0.2, -0.15) is 0 Å². The maximum atomic E-state index is 10.8. The van der Waals surface area contributed by atoms with E-state index in [0.717, 1.165) is 22.1 Å². The van der Waals surface area contributed by atoms with Crippen LogP contribution in [0.15, 0.2) is 18.2 Å². The molecule has 2 rings (SSSR count). The fourth-order valence-corrected chi connectivity index (χ4v) is 2.51. The Morgan fingerprint density at radius 1 is 1.31 bits per heavy atom. The zero-order valence-electron chi connectivity index (χ0n) is 7.63. The molecule has 2 aromatic rings. The monoisotopic (exact) mass is 190 g/mol. The summed E-state index contributed by atoms with van der Waals surface area (Å²) in [5.41, 5.74) is 2.05. The van der Waals surface area contributed by atoms with Crippen LogP contribution < -0.4 is 0 Å². The molecular weight excluding hydrogens is 180 g/mol. The number of thiophene rings is 1. The predicted molar refractivity (Wildman–Crippen MR) is 56.7 cm³/mol. The van der Waals surface area contributed by atoms with Crippen molar-refractivity contribution in [1.29, 1.82) is 0 Å². The molecule has 0 fully saturated rings. The highest BCUT2D eigenvalue weighted by molar-refractivity contribution is 7.19. The van der Waals surface area contributed by atoms with Gasteiger partial charge in [-0.05, 0) is 26.0 Å². The van der Waals surface area contributed by atoms with E-state index < -0.39 is 0 Å². The second kappa shape index (κ2) is 2.96. The topological polar surface area (TPSA) is 17.1 Å². The van der Waals surface area contributed by atoms with Gasteiger partial charge in [-0.25, -0.2) is 0 Å². The smallest absolute Gasteiger partial charge is 0.151 e. The van der Waals surface area contributed by atoms with Crippen LogP contribution in [0.3, 0.4) is 0 Å². The predicted octanol–water partition coefficient (Wildman–Crippen LogP) is 3.33. The van der Waals surface area contributed by atoms with Gasteiger partial charge < -0.3 is 0 Å². The van der Waals surface area contributed by atoms with Crippen LogP contribution in [0.2, 0.25) is 0 Å². The molecule has 0 N–H and O–H groups in total. The van der Waals surface area contributed by atoms with E-state index in [1.807, 2.05) is 13.8 Å². The second-order valence-electron chi connectivity index (χ2n) is 3.19. The number of aldehydes is 1. The standard InChI is InChI=1S/C11H10OS/c1-7-3-4-11-9(5-7)10(6-12)8(2)13-11/h3-6H,1-2H3. The molecule has 0 aliphatic carbocycles. The Morgan fingerprint density at radius 2 is 2.08 bits per heavy atom. The van der Waals surface area contributed by atoms with Crippen molar-refractivity contribution in [1.82, 2.24) is 0 Å². The minimum absolute atomic E-state index is 0.851. The summed E-state index contributed by atoms with van der Waals surface area (Å²) in [5, 5.41) is 1.09. The number of hydrogen-bond donors (Lipinski definition) is 0. The van der Waals surface area contributed by atoms with Crippen LogP contribution in [0.1, 0.15) is 20.8 Å². The first kappa shape index (κ1) is 8.45. The molecule has 13 heavy (non-hydrogen) atoms. The molecule has 0 amide bonds. The van der Waals surface area contributed by atoms with Crippen molar-refractivity contribution in [2.75, 3.05) is 0 Å². The summed E-state index contributed by atoms with van der Waals surface area (Å²) in [4.78, 5) is 11.9. The lowest BCUT2D eigenvalue weighted by molar-refractivity contribution is 0.112. The average Bonchev–Trinajstić information content (AvgIpc) is 2.40. The Hall–Kier alpha value is -1.15. The van der Waals surface area contributed by atoms with Gasteiger partial charge in [0, 0.05) is 20.5 Å². The maximum absolute atomic E-state index is 10.8. The van der Waals surface area contributed by atoms with Crippen molar-refractivity contribution in [2.24, 2.45) is 0 Å². The molecule has 0 saturated heterocycles. The summed E-state index contributed by atoms with van der Waals surface area (Å²) in [7, 11) is 0. The summed E-state index contributed by atoms with van der Waals surface area (Å²) in [6.07, 6.45) is 0.952. The van der Waals surface area contributed by atoms with Crippen molar-refractivity contribution in [3.63, 3.8) is 0 Å². The van der Waals surface area contributed by atoms with Gasteiger partial charge in [-0.15, -0.1) is 11.3 Å². The Morgan fingerprint density at radius 3 is 2.77 bits per heavy atom. The van der Waals surface area contributed by atoms with Crippen LogP contribution >= 0.6 is 11.3 Å². The first-order chi connectivity index (χ1) is 6.22. The number of carbonyl (C=O) groups excluding carboxylic acids is 1. The van der Waals surface area contributed by atoms with Crippen LogP contribution in [0.5, 0.6) is 0 Å². The number of aryl methyl sites for hydroxylation is 2. The van der Waals surface area contributed by atoms with E-state index in [9.17, 15) is 4.79 Å². The van der Waals surface area contributed by atoms with E-state index in [-0.39, 0.29) is 0 Å². The molecule has 0 aliphatic rings. The first-order valence-electron chi connectivity index (χ1n) is 4.17. The van der Waals surface area contributed by atoms with Gasteiger partial charge in [0.2, 0.25) is 0 Å². The molecule has 0 radical (unpaired) electrons. The highest BCUT2D eigenvalue weighted by Gasteiger charge is 2.07. The molecule has 1 heterocycles. The molecule has 0 unspecified atom stereocenters. The van der Waals surface area contributed by atoms with E-state index in [1.54, 1.807) is 11.3 Å². The Bertz CT molecular complexity index is 468. The molecule has 0 atom stereocenters. The van der Waals surface area contributed by atoms with Crippen molar-refractivity contribution in [3.8, 4) is 0 Å². The highest BCUT2D eigenvalue weighted by Crippen LogP contribution is 2.29. The fourth-order valence-electron chi connectivity index (χ4n) is 1.50. The number of hydrogen-bond acceptors (Lipinski definition) is 2. The molecule has 1 aromatic carbocycles. The third-order valence-corrected chi connectivity index (χ3v) is 3.29. The second-order valence-corrected chi connectivity index (χ2v) is 4.45. The zero-order chi connectivity index (χ0) is 9.42. The minimum atomic E-state index is 0.851. The van der Waals surface area contributed by atoms with E-state index in [4.69, 9.17) is 0 Å². The number of benzene rings is 1. The normalized spacial score (nSPS) is 10.6. The van der Waals surface area contributed by atoms with Gasteiger partial charge in [0.25, 0.3) is 0 Å². The lowest BCUT2D eigenvalue weighted by Crippen LogP contribution is -1.79. The zero-order valence-corrected chi connectivity index (χ0v) is 8.44. The molecule has 0 bridgehead atoms. The number of rotatable bonds is 1. The third kappa shape index (κ3) is 1.27. The molecule has 2 heteroatoms. The molecule has 66 valence electrons. The van der Waals surface area contributed by atoms with Crippen LogP contribution in [0, 0.1) is 13.8 Å². The average molecular weight is 190 g/mol. The van der Waals surface area contributed by atoms with Crippen LogP contribution in [-0.4, -0.2) is 6.29 Å². The third-order valence-electron chi connectivity index (χ3n) is 2.19. The molecule has 1 aromatic heterocycles. The molecule has 0 aliphatic heterocycles. The van der Waals surface area contributed by atoms with Crippen LogP contribution in [-0.2, 0) is 0 Å². The van der Waals surface area contributed by atoms with Gasteiger partial charge >= 0.3 is 0 Å². The van der Waals surface area contributed by atoms with Gasteiger partial charge in [-0.1, -0.05) is 11.6 Å². The van der Waals surface area contributed by atoms with Crippen LogP contribution in [0.25, 0.3) is 10.1 Å². The fraction of sp³-hybridized carbons (Fsp3) is 0.182. The maximum Gasteiger partial charge on any atom is 0.151 e. The minimum Gasteiger partial charge on any atom is -0.298 e. The van der Waals surface area contributed by atoms with E-state index in [2.05, 4.69) is 18.2 Å². The first-order valence-corrected chi connectivity index (χ1v) is 4.99. The SMILES string of the molecule is Cc1ccc2sc(C)c(C=O)c2c1. The Kier molecular flexibility index (Phi) is 1.93. The van der Waals surface area contributed by atoms with E-state index >= 15 is 0 Å². The Balaban J connectivity index is 2.88. The number of fused-ring (bicyclic) bond motifs is 1. The van der Waals surface area contributed by atoms with Gasteiger partial charge in [0.1, 0.15) is 0 Å². The van der Waals surface area contributed by atoms with Crippen LogP contribution in [0.4, 0.5) is 0 Å². The van der Waals surface area contributed by atoms with E-state index in [0.29, 0.717) is 0 Å². The van der Waals surface area contributed by atoms with Crippen molar-refractivity contribution in [2.45, 2.75) is 13.8 Å². The van der Waals surface area contributed by atoms with Gasteiger partial charge in [0.15, 0.2) is 6.29 Å². The van der Waals surface area contributed by atoms with Crippen molar-refractivity contribution < 1.29 is 4.79 Å². The molecular formula is C11H10OS. The quantitative estimate of drug-likeness (QED) is 0.630. The van der Waals surface area contributed by atoms with Crippen molar-refractivity contribution in [3.05, 3.63) is 34.2 Å². The van der Waals surface area contributed by atoms with Gasteiger partial charge in [-0.3, -0.25) is 4.79 Å². The summed E-state index contributed by atoms with van der Waals surface area (Å²) in [6.45, 7) is 4.03. The molecule has 0 saturated carbocycles. The van der Waals surface area contributed by atoms with Gasteiger partial charge in [0.05, 0.1) is 0 Å². The molecule has 0 spiro atoms. The summed E-state index contributed by atoms with van der Waals surface area (Å²) >= 11 is 1.68. The van der Waals surface area contributed by atoms with Crippen molar-refractivity contribution >= 4 is 27.7 Å². The highest BCUT2D eigenvalue weighted by atomic mass is 32.1. The largest absolute Gasteiger partial charge is 0.298 e. The number of carbonyl (C=O) groups is 1. The summed E-state index contributed by atoms with van der Waals surface area (Å²) in [6, 6.07) is 6.23. The summed E-state index contributed by atoms with van der Waals surface area (Å²) in [5.74, 6) is 0. The lowest BCUT2D eigenvalue weighted by atomic mass is 10.1. The molecule has 1 nitrogen and oxygen atoms in total. The summed E-state index contributed by atoms with van der Waals surface area (Å²) < 4.78 is 1.20.